The smallest absolute Gasteiger partial charge is 0.159 e. The first-order valence-corrected chi connectivity index (χ1v) is 21.3. The molecule has 1 heterocycles. The predicted molar refractivity (Wildman–Crippen MR) is 263 cm³/mol. The van der Waals surface area contributed by atoms with Crippen molar-refractivity contribution >= 4 is 71.3 Å². The van der Waals surface area contributed by atoms with E-state index in [1.54, 1.807) is 0 Å². The maximum Gasteiger partial charge on any atom is 0.159 e. The molecule has 0 aliphatic heterocycles. The molecule has 0 saturated carbocycles. The zero-order chi connectivity index (χ0) is 41.0. The summed E-state index contributed by atoms with van der Waals surface area (Å²) in [7, 11) is 0. The van der Waals surface area contributed by atoms with Gasteiger partial charge >= 0.3 is 0 Å². The van der Waals surface area contributed by atoms with E-state index in [9.17, 15) is 0 Å². The van der Waals surface area contributed by atoms with E-state index in [0.29, 0.717) is 0 Å². The number of hydrogen-bond acceptors (Lipinski definition) is 2. The Labute approximate surface area is 360 Å². The summed E-state index contributed by atoms with van der Waals surface area (Å²) in [5, 5.41) is 9.51. The van der Waals surface area contributed by atoms with Crippen molar-refractivity contribution in [3.8, 4) is 44.5 Å². The lowest BCUT2D eigenvalue weighted by Gasteiger charge is -2.28. The minimum atomic E-state index is 0.855. The maximum atomic E-state index is 6.77. The minimum Gasteiger partial charge on any atom is -0.454 e. The van der Waals surface area contributed by atoms with E-state index in [0.717, 1.165) is 55.5 Å². The molecule has 12 rings (SSSR count). The van der Waals surface area contributed by atoms with Crippen LogP contribution < -0.4 is 4.90 Å². The van der Waals surface area contributed by atoms with Gasteiger partial charge in [0.2, 0.25) is 0 Å². The topological polar surface area (TPSA) is 16.4 Å². The SMILES string of the molecule is c1ccc(-c2ccc(N(c3cccc(-c4ccc5c(c4)c(-c4ccccc4)c(-c4ccccc4)c4ccccc45)c3)c3cccc4c3oc3ccccc34)c3ccccc23)cc1. The molecule has 11 aromatic carbocycles. The zero-order valence-corrected chi connectivity index (χ0v) is 33.9. The lowest BCUT2D eigenvalue weighted by Crippen LogP contribution is -2.11. The molecule has 0 unspecified atom stereocenters. The number of anilines is 3. The van der Waals surface area contributed by atoms with Crippen molar-refractivity contribution in [2.45, 2.75) is 0 Å². The Morgan fingerprint density at radius 2 is 0.806 bits per heavy atom. The van der Waals surface area contributed by atoms with Gasteiger partial charge in [-0.15, -0.1) is 0 Å². The van der Waals surface area contributed by atoms with Crippen LogP contribution in [0.3, 0.4) is 0 Å². The highest BCUT2D eigenvalue weighted by molar-refractivity contribution is 6.22. The molecule has 0 fully saturated rings. The molecule has 1 aromatic heterocycles. The van der Waals surface area contributed by atoms with Crippen LogP contribution >= 0.6 is 0 Å². The van der Waals surface area contributed by atoms with Gasteiger partial charge in [0.1, 0.15) is 5.58 Å². The lowest BCUT2D eigenvalue weighted by atomic mass is 9.84. The summed E-state index contributed by atoms with van der Waals surface area (Å²) in [6.45, 7) is 0. The highest BCUT2D eigenvalue weighted by atomic mass is 16.3. The quantitative estimate of drug-likeness (QED) is 0.150. The molecule has 0 aliphatic rings. The fraction of sp³-hybridized carbons (Fsp3) is 0. The van der Waals surface area contributed by atoms with Gasteiger partial charge in [-0.1, -0.05) is 200 Å². The predicted octanol–water partition coefficient (Wildman–Crippen LogP) is 17.2. The second-order valence-electron chi connectivity index (χ2n) is 16.0. The third-order valence-electron chi connectivity index (χ3n) is 12.4. The van der Waals surface area contributed by atoms with E-state index >= 15 is 0 Å². The average Bonchev–Trinajstić information content (AvgIpc) is 3.74. The van der Waals surface area contributed by atoms with E-state index in [1.807, 2.05) is 6.07 Å². The van der Waals surface area contributed by atoms with Crippen LogP contribution in [0.2, 0.25) is 0 Å². The normalized spacial score (nSPS) is 11.5. The van der Waals surface area contributed by atoms with Gasteiger partial charge in [0.05, 0.1) is 11.4 Å². The van der Waals surface area contributed by atoms with Crippen LogP contribution in [0.15, 0.2) is 241 Å². The van der Waals surface area contributed by atoms with Gasteiger partial charge < -0.3 is 9.32 Å². The van der Waals surface area contributed by atoms with Crippen LogP contribution in [-0.2, 0) is 0 Å². The lowest BCUT2D eigenvalue weighted by molar-refractivity contribution is 0.669. The number of nitrogens with zero attached hydrogens (tertiary/aromatic N) is 1. The monoisotopic (exact) mass is 789 g/mol. The Balaban J connectivity index is 1.11. The molecular weight excluding hydrogens is 751 g/mol. The summed E-state index contributed by atoms with van der Waals surface area (Å²) in [6, 6.07) is 85.4. The molecular formula is C60H39NO. The van der Waals surface area contributed by atoms with Crippen molar-refractivity contribution in [3.05, 3.63) is 237 Å². The Bertz CT molecular complexity index is 3630. The van der Waals surface area contributed by atoms with Crippen LogP contribution in [0, 0.1) is 0 Å². The van der Waals surface area contributed by atoms with Crippen LogP contribution in [0.4, 0.5) is 17.1 Å². The summed E-state index contributed by atoms with van der Waals surface area (Å²) >= 11 is 0. The third-order valence-corrected chi connectivity index (χ3v) is 12.4. The molecule has 0 spiro atoms. The molecule has 0 atom stereocenters. The molecule has 0 aliphatic carbocycles. The van der Waals surface area contributed by atoms with Gasteiger partial charge in [-0.3, -0.25) is 0 Å². The van der Waals surface area contributed by atoms with Crippen molar-refractivity contribution < 1.29 is 4.42 Å². The zero-order valence-electron chi connectivity index (χ0n) is 33.9. The number of hydrogen-bond donors (Lipinski definition) is 0. The standard InChI is InChI=1S/C60H39NO/c1-4-18-40(19-5-1)46-36-37-55(50-28-12-10-26-47(46)50)61(56-32-17-31-53-51-29-14-15-33-57(51)62-60(53)56)45-25-16-24-43(38-45)44-34-35-49-48-27-11-13-30-52(48)58(41-20-6-2-7-21-41)59(54(49)39-44)42-22-8-3-9-23-42/h1-39H. The van der Waals surface area contributed by atoms with Crippen molar-refractivity contribution in [1.82, 2.24) is 0 Å². The minimum absolute atomic E-state index is 0.855. The number of furan rings is 1. The largest absolute Gasteiger partial charge is 0.454 e. The van der Waals surface area contributed by atoms with Gasteiger partial charge in [-0.05, 0) is 108 Å². The van der Waals surface area contributed by atoms with E-state index in [2.05, 4.69) is 235 Å². The fourth-order valence-electron chi connectivity index (χ4n) is 9.67. The first kappa shape index (κ1) is 35.7. The Hall–Kier alpha value is -8.20. The van der Waals surface area contributed by atoms with Crippen molar-refractivity contribution in [2.75, 3.05) is 4.90 Å². The molecule has 12 aromatic rings. The molecule has 2 heteroatoms. The molecule has 62 heavy (non-hydrogen) atoms. The molecule has 2 nitrogen and oxygen atoms in total. The summed E-state index contributed by atoms with van der Waals surface area (Å²) in [5.41, 5.74) is 14.4. The highest BCUT2D eigenvalue weighted by Crippen LogP contribution is 2.48. The number of rotatable bonds is 7. The van der Waals surface area contributed by atoms with Crippen LogP contribution in [0.1, 0.15) is 0 Å². The number of para-hydroxylation sites is 2. The van der Waals surface area contributed by atoms with Crippen LogP contribution in [-0.4, -0.2) is 0 Å². The maximum absolute atomic E-state index is 6.77. The average molecular weight is 790 g/mol. The molecule has 0 bridgehead atoms. The first-order chi connectivity index (χ1) is 30.8. The van der Waals surface area contributed by atoms with Gasteiger partial charge in [-0.2, -0.15) is 0 Å². The third kappa shape index (κ3) is 5.88. The van der Waals surface area contributed by atoms with E-state index < -0.39 is 0 Å². The second-order valence-corrected chi connectivity index (χ2v) is 16.0. The summed E-state index contributed by atoms with van der Waals surface area (Å²) < 4.78 is 6.77. The van der Waals surface area contributed by atoms with Gasteiger partial charge in [0.15, 0.2) is 5.58 Å². The molecule has 0 N–H and O–H groups in total. The number of fused-ring (bicyclic) bond motifs is 7. The molecule has 0 amide bonds. The van der Waals surface area contributed by atoms with E-state index in [-0.39, 0.29) is 0 Å². The van der Waals surface area contributed by atoms with Crippen molar-refractivity contribution in [1.29, 1.82) is 0 Å². The van der Waals surface area contributed by atoms with Crippen LogP contribution in [0.5, 0.6) is 0 Å². The first-order valence-electron chi connectivity index (χ1n) is 21.3. The van der Waals surface area contributed by atoms with Crippen molar-refractivity contribution in [2.24, 2.45) is 0 Å². The summed E-state index contributed by atoms with van der Waals surface area (Å²) in [5.74, 6) is 0. The number of benzene rings is 11. The fourth-order valence-corrected chi connectivity index (χ4v) is 9.67. The Morgan fingerprint density at radius 3 is 1.55 bits per heavy atom. The van der Waals surface area contributed by atoms with E-state index in [4.69, 9.17) is 4.42 Å². The summed E-state index contributed by atoms with van der Waals surface area (Å²) in [4.78, 5) is 2.39. The Kier molecular flexibility index (Phi) is 8.53. The molecule has 0 radical (unpaired) electrons. The van der Waals surface area contributed by atoms with Gasteiger partial charge in [-0.25, -0.2) is 0 Å². The Morgan fingerprint density at radius 1 is 0.274 bits per heavy atom. The summed E-state index contributed by atoms with van der Waals surface area (Å²) in [6.07, 6.45) is 0. The molecule has 290 valence electrons. The van der Waals surface area contributed by atoms with Gasteiger partial charge in [0.25, 0.3) is 0 Å². The van der Waals surface area contributed by atoms with E-state index in [1.165, 1.54) is 60.3 Å². The highest BCUT2D eigenvalue weighted by Gasteiger charge is 2.23. The van der Waals surface area contributed by atoms with Crippen molar-refractivity contribution in [3.63, 3.8) is 0 Å². The molecule has 0 saturated heterocycles. The second kappa shape index (κ2) is 14.8. The van der Waals surface area contributed by atoms with Crippen LogP contribution in [0.25, 0.3) is 98.8 Å². The van der Waals surface area contributed by atoms with Gasteiger partial charge in [0, 0.05) is 21.8 Å².